The fourth-order valence-corrected chi connectivity index (χ4v) is 4.14. The number of carbonyl (C=O) groups is 1. The SMILES string of the molecule is CN(C)CCCc1c(/C=C2\C(=O)Nc3ccc(S(=O)[O-])cc32)[nH]c2ccccc12. The summed E-state index contributed by atoms with van der Waals surface area (Å²) in [4.78, 5) is 18.3. The highest BCUT2D eigenvalue weighted by Crippen LogP contribution is 2.36. The second-order valence-electron chi connectivity index (χ2n) is 7.42. The fourth-order valence-electron chi connectivity index (χ4n) is 3.74. The third-order valence-corrected chi connectivity index (χ3v) is 5.77. The Hall–Kier alpha value is -2.74. The van der Waals surface area contributed by atoms with Gasteiger partial charge in [-0.15, -0.1) is 0 Å². The van der Waals surface area contributed by atoms with Crippen molar-refractivity contribution in [3.8, 4) is 0 Å². The van der Waals surface area contributed by atoms with Gasteiger partial charge < -0.3 is 19.8 Å². The van der Waals surface area contributed by atoms with Crippen LogP contribution in [-0.4, -0.2) is 45.2 Å². The molecule has 2 heterocycles. The van der Waals surface area contributed by atoms with Crippen molar-refractivity contribution in [3.63, 3.8) is 0 Å². The van der Waals surface area contributed by atoms with Crippen LogP contribution in [0.1, 0.15) is 23.2 Å². The monoisotopic (exact) mass is 408 g/mol. The number of hydrogen-bond acceptors (Lipinski definition) is 4. The molecule has 0 spiro atoms. The van der Waals surface area contributed by atoms with Crippen LogP contribution in [0, 0.1) is 0 Å². The predicted octanol–water partition coefficient (Wildman–Crippen LogP) is 3.39. The molecule has 1 atom stereocenters. The van der Waals surface area contributed by atoms with Gasteiger partial charge in [-0.3, -0.25) is 9.00 Å². The summed E-state index contributed by atoms with van der Waals surface area (Å²) in [7, 11) is 4.10. The van der Waals surface area contributed by atoms with Crippen molar-refractivity contribution in [3.05, 3.63) is 59.3 Å². The number of aromatic amines is 1. The first-order valence-corrected chi connectivity index (χ1v) is 10.5. The van der Waals surface area contributed by atoms with Crippen LogP contribution in [-0.2, 0) is 22.3 Å². The third-order valence-electron chi connectivity index (χ3n) is 5.13. The Bertz CT molecular complexity index is 1150. The van der Waals surface area contributed by atoms with Crippen molar-refractivity contribution >= 4 is 45.2 Å². The van der Waals surface area contributed by atoms with Gasteiger partial charge in [0.2, 0.25) is 0 Å². The molecule has 0 radical (unpaired) electrons. The van der Waals surface area contributed by atoms with Crippen LogP contribution in [0.4, 0.5) is 5.69 Å². The zero-order valence-corrected chi connectivity index (χ0v) is 17.1. The van der Waals surface area contributed by atoms with E-state index in [-0.39, 0.29) is 10.8 Å². The summed E-state index contributed by atoms with van der Waals surface area (Å²) < 4.78 is 22.7. The zero-order valence-electron chi connectivity index (χ0n) is 16.3. The number of anilines is 1. The van der Waals surface area contributed by atoms with Gasteiger partial charge in [0.25, 0.3) is 5.91 Å². The van der Waals surface area contributed by atoms with E-state index in [4.69, 9.17) is 0 Å². The Morgan fingerprint density at radius 3 is 2.72 bits per heavy atom. The maximum absolute atomic E-state index is 12.6. The molecule has 2 N–H and O–H groups in total. The van der Waals surface area contributed by atoms with Gasteiger partial charge >= 0.3 is 0 Å². The van der Waals surface area contributed by atoms with E-state index in [1.54, 1.807) is 6.07 Å². The highest BCUT2D eigenvalue weighted by Gasteiger charge is 2.25. The van der Waals surface area contributed by atoms with E-state index in [0.29, 0.717) is 16.8 Å². The molecular weight excluding hydrogens is 386 g/mol. The van der Waals surface area contributed by atoms with Crippen LogP contribution < -0.4 is 5.32 Å². The summed E-state index contributed by atoms with van der Waals surface area (Å²) in [5, 5.41) is 3.96. The minimum atomic E-state index is -2.35. The Balaban J connectivity index is 1.79. The van der Waals surface area contributed by atoms with Crippen molar-refractivity contribution in [2.45, 2.75) is 17.7 Å². The van der Waals surface area contributed by atoms with Gasteiger partial charge in [0.1, 0.15) is 0 Å². The maximum atomic E-state index is 12.6. The number of fused-ring (bicyclic) bond motifs is 2. The number of H-pyrrole nitrogens is 1. The lowest BCUT2D eigenvalue weighted by Gasteiger charge is -2.09. The molecule has 1 aromatic heterocycles. The number of para-hydroxylation sites is 1. The first-order chi connectivity index (χ1) is 13.9. The molecule has 7 heteroatoms. The highest BCUT2D eigenvalue weighted by atomic mass is 32.2. The molecule has 1 aliphatic heterocycles. The molecule has 0 saturated heterocycles. The van der Waals surface area contributed by atoms with Gasteiger partial charge in [0.15, 0.2) is 0 Å². The molecule has 4 rings (SSSR count). The Labute approximate surface area is 171 Å². The number of carbonyl (C=O) groups excluding carboxylic acids is 1. The van der Waals surface area contributed by atoms with Crippen LogP contribution in [0.25, 0.3) is 22.6 Å². The number of amides is 1. The van der Waals surface area contributed by atoms with E-state index in [9.17, 15) is 13.6 Å². The average Bonchev–Trinajstić information content (AvgIpc) is 3.19. The van der Waals surface area contributed by atoms with Crippen molar-refractivity contribution in [1.29, 1.82) is 0 Å². The van der Waals surface area contributed by atoms with Gasteiger partial charge in [-0.1, -0.05) is 18.2 Å². The third kappa shape index (κ3) is 3.89. The molecule has 1 amide bonds. The Morgan fingerprint density at radius 1 is 1.17 bits per heavy atom. The Morgan fingerprint density at radius 2 is 1.97 bits per heavy atom. The topological polar surface area (TPSA) is 88.3 Å². The lowest BCUT2D eigenvalue weighted by molar-refractivity contribution is -0.110. The summed E-state index contributed by atoms with van der Waals surface area (Å²) >= 11 is -2.35. The Kier molecular flexibility index (Phi) is 5.36. The maximum Gasteiger partial charge on any atom is 0.256 e. The summed E-state index contributed by atoms with van der Waals surface area (Å²) in [6.07, 6.45) is 3.71. The molecule has 2 aromatic carbocycles. The van der Waals surface area contributed by atoms with E-state index < -0.39 is 11.1 Å². The normalized spacial score (nSPS) is 15.9. The van der Waals surface area contributed by atoms with Crippen LogP contribution in [0.3, 0.4) is 0 Å². The number of hydrogen-bond donors (Lipinski definition) is 2. The number of rotatable bonds is 6. The van der Waals surface area contributed by atoms with E-state index in [2.05, 4.69) is 35.4 Å². The lowest BCUT2D eigenvalue weighted by atomic mass is 10.0. The molecule has 3 aromatic rings. The average molecular weight is 409 g/mol. The second-order valence-corrected chi connectivity index (χ2v) is 8.36. The number of aromatic nitrogens is 1. The summed E-state index contributed by atoms with van der Waals surface area (Å²) in [6.45, 7) is 0.970. The van der Waals surface area contributed by atoms with E-state index in [1.165, 1.54) is 17.7 Å². The van der Waals surface area contributed by atoms with Crippen molar-refractivity contribution < 1.29 is 13.6 Å². The van der Waals surface area contributed by atoms with Gasteiger partial charge in [0.05, 0.1) is 5.57 Å². The highest BCUT2D eigenvalue weighted by molar-refractivity contribution is 7.79. The van der Waals surface area contributed by atoms with Crippen LogP contribution in [0.15, 0.2) is 47.4 Å². The number of benzene rings is 2. The standard InChI is InChI=1S/C22H23N3O3S/c1-25(2)11-5-7-16-15-6-3-4-8-19(15)23-21(16)13-18-17-12-14(29(27)28)9-10-20(17)24-22(18)26/h3-4,6,8-10,12-13,23H,5,7,11H2,1-2H3,(H,24,26)(H,27,28)/p-1/b18-13-. The van der Waals surface area contributed by atoms with Crippen LogP contribution in [0.2, 0.25) is 0 Å². The molecule has 29 heavy (non-hydrogen) atoms. The quantitative estimate of drug-likeness (QED) is 0.483. The zero-order chi connectivity index (χ0) is 20.5. The summed E-state index contributed by atoms with van der Waals surface area (Å²) in [6, 6.07) is 12.7. The number of aryl methyl sites for hydroxylation is 1. The molecule has 0 bridgehead atoms. The lowest BCUT2D eigenvalue weighted by Crippen LogP contribution is -2.13. The molecule has 1 unspecified atom stereocenters. The first-order valence-electron chi connectivity index (χ1n) is 9.45. The van der Waals surface area contributed by atoms with Crippen LogP contribution >= 0.6 is 0 Å². The van der Waals surface area contributed by atoms with Gasteiger partial charge in [0, 0.05) is 32.7 Å². The van der Waals surface area contributed by atoms with E-state index in [0.717, 1.165) is 36.0 Å². The molecule has 0 aliphatic carbocycles. The summed E-state index contributed by atoms with van der Waals surface area (Å²) in [5.41, 5.74) is 4.77. The smallest absolute Gasteiger partial charge is 0.256 e. The van der Waals surface area contributed by atoms with Gasteiger partial charge in [-0.05, 0) is 80.5 Å². The number of nitrogens with one attached hydrogen (secondary N) is 2. The van der Waals surface area contributed by atoms with Crippen LogP contribution in [0.5, 0.6) is 0 Å². The molecule has 0 fully saturated rings. The predicted molar refractivity (Wildman–Crippen MR) is 115 cm³/mol. The van der Waals surface area contributed by atoms with E-state index >= 15 is 0 Å². The molecular formula is C22H22N3O3S-. The van der Waals surface area contributed by atoms with Crippen molar-refractivity contribution in [2.24, 2.45) is 0 Å². The minimum absolute atomic E-state index is 0.161. The molecule has 0 saturated carbocycles. The van der Waals surface area contributed by atoms with Crippen molar-refractivity contribution in [1.82, 2.24) is 9.88 Å². The van der Waals surface area contributed by atoms with Gasteiger partial charge in [-0.25, -0.2) is 0 Å². The number of nitrogens with zero attached hydrogens (tertiary/aromatic N) is 1. The van der Waals surface area contributed by atoms with Gasteiger partial charge in [-0.2, -0.15) is 0 Å². The fraction of sp³-hybridized carbons (Fsp3) is 0.227. The molecule has 150 valence electrons. The van der Waals surface area contributed by atoms with E-state index in [1.807, 2.05) is 24.3 Å². The molecule has 1 aliphatic rings. The minimum Gasteiger partial charge on any atom is -0.768 e. The first kappa shape index (κ1) is 19.6. The largest absolute Gasteiger partial charge is 0.768 e. The second kappa shape index (κ2) is 7.94. The van der Waals surface area contributed by atoms with Crippen molar-refractivity contribution in [2.75, 3.05) is 26.0 Å². The molecule has 6 nitrogen and oxygen atoms in total. The summed E-state index contributed by atoms with van der Waals surface area (Å²) in [5.74, 6) is -0.230.